The molecule has 0 aliphatic heterocycles. The summed E-state index contributed by atoms with van der Waals surface area (Å²) >= 11 is 0. The average molecular weight is 803 g/mol. The highest BCUT2D eigenvalue weighted by Crippen LogP contribution is 2.63. The zero-order valence-corrected chi connectivity index (χ0v) is 34.7. The Kier molecular flexibility index (Phi) is 7.98. The number of hydrogen-bond donors (Lipinski definition) is 0. The van der Waals surface area contributed by atoms with E-state index in [9.17, 15) is 0 Å². The summed E-state index contributed by atoms with van der Waals surface area (Å²) in [7, 11) is 0. The van der Waals surface area contributed by atoms with Crippen molar-refractivity contribution in [3.8, 4) is 39.1 Å². The van der Waals surface area contributed by atoms with Crippen LogP contribution in [-0.2, 0) is 5.41 Å². The van der Waals surface area contributed by atoms with Crippen molar-refractivity contribution in [2.45, 2.75) is 17.8 Å². The van der Waals surface area contributed by atoms with Crippen molar-refractivity contribution in [3.05, 3.63) is 264 Å². The molecule has 10 aromatic rings. The van der Waals surface area contributed by atoms with Gasteiger partial charge < -0.3 is 9.47 Å². The van der Waals surface area contributed by atoms with E-state index in [4.69, 9.17) is 0 Å². The minimum absolute atomic E-state index is 0.386. The molecule has 2 heteroatoms. The van der Waals surface area contributed by atoms with Gasteiger partial charge in [0.05, 0.1) is 16.4 Å². The van der Waals surface area contributed by atoms with E-state index in [1.807, 2.05) is 0 Å². The molecule has 0 radical (unpaired) electrons. The third kappa shape index (κ3) is 5.31. The summed E-state index contributed by atoms with van der Waals surface area (Å²) in [6, 6.07) is 79.2. The van der Waals surface area contributed by atoms with Crippen molar-refractivity contribution in [2.24, 2.45) is 0 Å². The minimum atomic E-state index is -0.419. The molecule has 0 saturated heterocycles. The van der Waals surface area contributed by atoms with Crippen LogP contribution in [0.15, 0.2) is 237 Å². The fraction of sp³-hybridized carbons (Fsp3) is 0.0492. The van der Waals surface area contributed by atoms with Gasteiger partial charge in [0.1, 0.15) is 0 Å². The first kappa shape index (κ1) is 35.8. The summed E-state index contributed by atoms with van der Waals surface area (Å²) in [5.41, 5.74) is 20.9. The predicted molar refractivity (Wildman–Crippen MR) is 263 cm³/mol. The maximum Gasteiger partial charge on any atom is 0.0726 e. The van der Waals surface area contributed by atoms with E-state index in [1.54, 1.807) is 0 Å². The van der Waals surface area contributed by atoms with Crippen LogP contribution in [0.4, 0.5) is 17.1 Å². The number of aromatic nitrogens is 1. The van der Waals surface area contributed by atoms with Crippen molar-refractivity contribution in [3.63, 3.8) is 0 Å². The molecule has 9 aromatic carbocycles. The normalized spacial score (nSPS) is 15.1. The Morgan fingerprint density at radius 2 is 0.968 bits per heavy atom. The molecule has 63 heavy (non-hydrogen) atoms. The van der Waals surface area contributed by atoms with Gasteiger partial charge in [-0.25, -0.2) is 0 Å². The molecule has 2 nitrogen and oxygen atoms in total. The molecule has 1 unspecified atom stereocenters. The Hall–Kier alpha value is -7.94. The molecule has 0 N–H and O–H groups in total. The minimum Gasteiger partial charge on any atom is -0.310 e. The van der Waals surface area contributed by atoms with Crippen molar-refractivity contribution in [1.82, 2.24) is 4.57 Å². The lowest BCUT2D eigenvalue weighted by molar-refractivity contribution is 0.793. The van der Waals surface area contributed by atoms with Gasteiger partial charge in [-0.15, -0.1) is 0 Å². The molecule has 3 aliphatic rings. The van der Waals surface area contributed by atoms with Crippen LogP contribution in [0.25, 0.3) is 60.9 Å². The average Bonchev–Trinajstić information content (AvgIpc) is 3.96. The molecule has 1 aromatic heterocycles. The van der Waals surface area contributed by atoms with E-state index in [2.05, 4.69) is 246 Å². The maximum absolute atomic E-state index is 2.49. The third-order valence-electron chi connectivity index (χ3n) is 13.9. The van der Waals surface area contributed by atoms with Crippen molar-refractivity contribution in [2.75, 3.05) is 4.90 Å². The van der Waals surface area contributed by atoms with E-state index in [0.29, 0.717) is 5.92 Å². The monoisotopic (exact) mass is 802 g/mol. The first-order valence-electron chi connectivity index (χ1n) is 22.1. The number of para-hydroxylation sites is 2. The van der Waals surface area contributed by atoms with E-state index in [-0.39, 0.29) is 0 Å². The highest BCUT2D eigenvalue weighted by atomic mass is 15.1. The summed E-state index contributed by atoms with van der Waals surface area (Å²) in [4.78, 5) is 2.45. The molecular weight excluding hydrogens is 761 g/mol. The molecule has 13 rings (SSSR count). The quantitative estimate of drug-likeness (QED) is 0.163. The summed E-state index contributed by atoms with van der Waals surface area (Å²) < 4.78 is 2.38. The Morgan fingerprint density at radius 3 is 1.63 bits per heavy atom. The maximum atomic E-state index is 2.49. The van der Waals surface area contributed by atoms with Crippen LogP contribution in [0.3, 0.4) is 0 Å². The number of anilines is 3. The van der Waals surface area contributed by atoms with Gasteiger partial charge in [-0.3, -0.25) is 0 Å². The SMILES string of the molecule is C1=CCC(c2ccc(N(c3ccc(-c4ccc5c(c4)c4ccccc4n5-c4ccccc4)cc3)c3ccc4c(c3)C3(c5ccccc5-c5ccccc53)c3ccccc3-4)cc2)C=C1. The van der Waals surface area contributed by atoms with Gasteiger partial charge >= 0.3 is 0 Å². The van der Waals surface area contributed by atoms with Gasteiger partial charge in [0, 0.05) is 39.4 Å². The number of hydrogen-bond acceptors (Lipinski definition) is 1. The van der Waals surface area contributed by atoms with Gasteiger partial charge in [0.25, 0.3) is 0 Å². The van der Waals surface area contributed by atoms with Gasteiger partial charge in [0.2, 0.25) is 0 Å². The summed E-state index contributed by atoms with van der Waals surface area (Å²) in [5, 5.41) is 2.51. The Morgan fingerprint density at radius 1 is 0.413 bits per heavy atom. The topological polar surface area (TPSA) is 8.17 Å². The fourth-order valence-corrected chi connectivity index (χ4v) is 11.2. The first-order valence-corrected chi connectivity index (χ1v) is 22.1. The van der Waals surface area contributed by atoms with E-state index < -0.39 is 5.41 Å². The lowest BCUT2D eigenvalue weighted by Crippen LogP contribution is -2.26. The second-order valence-corrected chi connectivity index (χ2v) is 17.2. The second kappa shape index (κ2) is 14.1. The third-order valence-corrected chi connectivity index (χ3v) is 13.9. The number of benzene rings is 9. The molecule has 0 amide bonds. The Labute approximate surface area is 368 Å². The molecule has 3 aliphatic carbocycles. The van der Waals surface area contributed by atoms with Crippen LogP contribution in [0.1, 0.15) is 40.2 Å². The van der Waals surface area contributed by atoms with E-state index in [1.165, 1.54) is 88.7 Å². The summed E-state index contributed by atoms with van der Waals surface area (Å²) in [6.45, 7) is 0. The van der Waals surface area contributed by atoms with Crippen molar-refractivity contribution >= 4 is 38.9 Å². The smallest absolute Gasteiger partial charge is 0.0726 e. The summed E-state index contributed by atoms with van der Waals surface area (Å²) in [5.74, 6) is 0.386. The number of fused-ring (bicyclic) bond motifs is 13. The summed E-state index contributed by atoms with van der Waals surface area (Å²) in [6.07, 6.45) is 9.93. The fourth-order valence-electron chi connectivity index (χ4n) is 11.2. The Bertz CT molecular complexity index is 3410. The largest absolute Gasteiger partial charge is 0.310 e. The lowest BCUT2D eigenvalue weighted by Gasteiger charge is -2.32. The first-order chi connectivity index (χ1) is 31.3. The molecule has 1 heterocycles. The van der Waals surface area contributed by atoms with E-state index >= 15 is 0 Å². The Balaban J connectivity index is 0.962. The molecule has 0 fully saturated rings. The van der Waals surface area contributed by atoms with Crippen molar-refractivity contribution in [1.29, 1.82) is 0 Å². The molecule has 1 spiro atoms. The molecule has 296 valence electrons. The standard InChI is InChI=1S/C61H42N2/c1-3-15-41(16-4-1)42-27-32-46(33-28-42)62(47-34-29-43(30-35-47)44-31-38-60-54(39-44)53-22-10-14-26-59(53)63(60)45-17-5-2-6-18-45)48-36-37-52-51-21-9-13-25-57(51)61(58(52)40-48)55-23-11-7-19-49(55)50-20-8-12-24-56(50)61/h1-15,17-41H,16H2. The molecule has 0 bridgehead atoms. The second-order valence-electron chi connectivity index (χ2n) is 17.2. The van der Waals surface area contributed by atoms with Crippen molar-refractivity contribution < 1.29 is 0 Å². The zero-order valence-electron chi connectivity index (χ0n) is 34.7. The highest BCUT2D eigenvalue weighted by molar-refractivity contribution is 6.10. The van der Waals surface area contributed by atoms with E-state index in [0.717, 1.165) is 23.5 Å². The molecule has 1 atom stereocenters. The van der Waals surface area contributed by atoms with Gasteiger partial charge in [-0.2, -0.15) is 0 Å². The van der Waals surface area contributed by atoms with Crippen LogP contribution < -0.4 is 4.90 Å². The highest BCUT2D eigenvalue weighted by Gasteiger charge is 2.51. The molecule has 0 saturated carbocycles. The van der Waals surface area contributed by atoms with Crippen LogP contribution in [0, 0.1) is 0 Å². The van der Waals surface area contributed by atoms with Gasteiger partial charge in [-0.1, -0.05) is 170 Å². The lowest BCUT2D eigenvalue weighted by atomic mass is 9.70. The van der Waals surface area contributed by atoms with Crippen LogP contribution in [0.5, 0.6) is 0 Å². The number of nitrogens with zero attached hydrogens (tertiary/aromatic N) is 2. The van der Waals surface area contributed by atoms with Crippen LogP contribution >= 0.6 is 0 Å². The number of rotatable bonds is 6. The van der Waals surface area contributed by atoms with Crippen LogP contribution in [-0.4, -0.2) is 4.57 Å². The van der Waals surface area contributed by atoms with Gasteiger partial charge in [-0.05, 0) is 134 Å². The predicted octanol–water partition coefficient (Wildman–Crippen LogP) is 15.9. The van der Waals surface area contributed by atoms with Crippen LogP contribution in [0.2, 0.25) is 0 Å². The number of allylic oxidation sites excluding steroid dienone is 4. The zero-order chi connectivity index (χ0) is 41.5. The van der Waals surface area contributed by atoms with Gasteiger partial charge in [0.15, 0.2) is 0 Å². The molecular formula is C61H42N2.